The molecule has 0 fully saturated rings. The van der Waals surface area contributed by atoms with E-state index in [2.05, 4.69) is 29.0 Å². The largest absolute Gasteiger partial charge is 0.354 e. The summed E-state index contributed by atoms with van der Waals surface area (Å²) in [4.78, 5) is 5.49. The molecule has 124 valence electrons. The monoisotopic (exact) mass is 367 g/mol. The van der Waals surface area contributed by atoms with Crippen LogP contribution in [0.25, 0.3) is 10.9 Å². The first kappa shape index (κ1) is 15.9. The fourth-order valence-corrected chi connectivity index (χ4v) is 4.82. The van der Waals surface area contributed by atoms with Crippen LogP contribution in [-0.4, -0.2) is 19.2 Å². The van der Waals surface area contributed by atoms with E-state index in [1.165, 1.54) is 6.20 Å². The van der Waals surface area contributed by atoms with Gasteiger partial charge in [-0.3, -0.25) is 4.98 Å². The number of aromatic nitrogens is 1. The van der Waals surface area contributed by atoms with Gasteiger partial charge in [0.25, 0.3) is 0 Å². The molecule has 0 saturated heterocycles. The van der Waals surface area contributed by atoms with Crippen LogP contribution in [0.15, 0.2) is 52.4 Å². The van der Waals surface area contributed by atoms with Crippen molar-refractivity contribution in [1.82, 2.24) is 4.98 Å². The van der Waals surface area contributed by atoms with Gasteiger partial charge in [0, 0.05) is 22.2 Å². The normalized spacial score (nSPS) is 14.9. The van der Waals surface area contributed by atoms with Gasteiger partial charge in [-0.15, -0.1) is 12.6 Å². The number of nitriles is 1. The minimum atomic E-state index is -3.26. The SMILES string of the molecule is N#Cc1cnc2ccc3c(c2c1Nc1ccc(S)cc1)CCS3(=O)=O. The van der Waals surface area contributed by atoms with Crippen molar-refractivity contribution in [2.75, 3.05) is 11.1 Å². The van der Waals surface area contributed by atoms with Crippen molar-refractivity contribution in [1.29, 1.82) is 5.26 Å². The molecule has 0 atom stereocenters. The van der Waals surface area contributed by atoms with E-state index in [1.807, 2.05) is 24.3 Å². The molecular formula is C18H13N3O2S2. The Morgan fingerprint density at radius 1 is 1.16 bits per heavy atom. The van der Waals surface area contributed by atoms with Gasteiger partial charge in [-0.2, -0.15) is 5.26 Å². The zero-order valence-corrected chi connectivity index (χ0v) is 14.7. The molecule has 2 heterocycles. The van der Waals surface area contributed by atoms with Crippen LogP contribution < -0.4 is 5.32 Å². The van der Waals surface area contributed by atoms with Crippen LogP contribution >= 0.6 is 12.6 Å². The van der Waals surface area contributed by atoms with Crippen LogP contribution in [0.1, 0.15) is 11.1 Å². The molecule has 4 rings (SSSR count). The summed E-state index contributed by atoms with van der Waals surface area (Å²) in [6.45, 7) is 0. The van der Waals surface area contributed by atoms with E-state index in [9.17, 15) is 13.7 Å². The number of hydrogen-bond donors (Lipinski definition) is 2. The average Bonchev–Trinajstić information content (AvgIpc) is 2.92. The summed E-state index contributed by atoms with van der Waals surface area (Å²) in [7, 11) is -3.26. The van der Waals surface area contributed by atoms with Crippen LogP contribution in [0.3, 0.4) is 0 Å². The lowest BCUT2D eigenvalue weighted by atomic mass is 10.0. The molecule has 5 nitrogen and oxygen atoms in total. The van der Waals surface area contributed by atoms with Gasteiger partial charge in [-0.25, -0.2) is 8.42 Å². The summed E-state index contributed by atoms with van der Waals surface area (Å²) in [6, 6.07) is 12.8. The molecule has 1 aliphatic rings. The zero-order valence-electron chi connectivity index (χ0n) is 13.0. The number of aryl methyl sites for hydroxylation is 1. The molecule has 0 radical (unpaired) electrons. The lowest BCUT2D eigenvalue weighted by molar-refractivity contribution is 0.600. The number of nitrogens with one attached hydrogen (secondary N) is 1. The molecule has 0 spiro atoms. The highest BCUT2D eigenvalue weighted by atomic mass is 32.2. The van der Waals surface area contributed by atoms with Crippen LogP contribution in [0.5, 0.6) is 0 Å². The number of sulfone groups is 1. The zero-order chi connectivity index (χ0) is 17.6. The summed E-state index contributed by atoms with van der Waals surface area (Å²) >= 11 is 4.27. The number of rotatable bonds is 2. The highest BCUT2D eigenvalue weighted by Crippen LogP contribution is 2.38. The van der Waals surface area contributed by atoms with Gasteiger partial charge in [0.05, 0.1) is 27.4 Å². The summed E-state index contributed by atoms with van der Waals surface area (Å²) in [5.74, 6) is 0.0893. The highest BCUT2D eigenvalue weighted by Gasteiger charge is 2.29. The Morgan fingerprint density at radius 3 is 2.64 bits per heavy atom. The van der Waals surface area contributed by atoms with E-state index >= 15 is 0 Å². The maximum Gasteiger partial charge on any atom is 0.179 e. The molecular weight excluding hydrogens is 354 g/mol. The summed E-state index contributed by atoms with van der Waals surface area (Å²) in [6.07, 6.45) is 1.93. The standard InChI is InChI=1S/C18H13N3O2S2/c19-9-11-10-20-15-5-6-16-14(7-8-25(16,22)23)17(15)18(11)21-12-1-3-13(24)4-2-12/h1-6,10,24H,7-8H2,(H,20,21). The molecule has 2 aromatic carbocycles. The van der Waals surface area contributed by atoms with E-state index in [0.29, 0.717) is 33.5 Å². The Labute approximate surface area is 150 Å². The Bertz CT molecular complexity index is 1150. The second-order valence-corrected chi connectivity index (χ2v) is 8.43. The second kappa shape index (κ2) is 5.76. The predicted molar refractivity (Wildman–Crippen MR) is 99.2 cm³/mol. The first-order valence-electron chi connectivity index (χ1n) is 7.63. The number of fused-ring (bicyclic) bond motifs is 3. The summed E-state index contributed by atoms with van der Waals surface area (Å²) in [5, 5.41) is 13.5. The molecule has 25 heavy (non-hydrogen) atoms. The second-order valence-electron chi connectivity index (χ2n) is 5.84. The predicted octanol–water partition coefficient (Wildman–Crippen LogP) is 3.47. The highest BCUT2D eigenvalue weighted by molar-refractivity contribution is 7.91. The maximum atomic E-state index is 12.2. The van der Waals surface area contributed by atoms with E-state index in [1.54, 1.807) is 12.1 Å². The fraction of sp³-hybridized carbons (Fsp3) is 0.111. The number of thiol groups is 1. The van der Waals surface area contributed by atoms with Gasteiger partial charge < -0.3 is 5.32 Å². The van der Waals surface area contributed by atoms with Gasteiger partial charge in [-0.05, 0) is 48.4 Å². The number of benzene rings is 2. The Hall–Kier alpha value is -2.56. The maximum absolute atomic E-state index is 12.2. The van der Waals surface area contributed by atoms with E-state index in [-0.39, 0.29) is 5.75 Å². The topological polar surface area (TPSA) is 82.8 Å². The van der Waals surface area contributed by atoms with Crippen molar-refractivity contribution >= 4 is 44.7 Å². The van der Waals surface area contributed by atoms with Crippen LogP contribution in [0, 0.1) is 11.3 Å². The molecule has 1 N–H and O–H groups in total. The van der Waals surface area contributed by atoms with Crippen molar-refractivity contribution in [3.63, 3.8) is 0 Å². The molecule has 0 aliphatic carbocycles. The molecule has 0 unspecified atom stereocenters. The minimum absolute atomic E-state index is 0.0893. The third-order valence-electron chi connectivity index (χ3n) is 4.31. The molecule has 1 aliphatic heterocycles. The van der Waals surface area contributed by atoms with Gasteiger partial charge in [-0.1, -0.05) is 0 Å². The first-order valence-corrected chi connectivity index (χ1v) is 9.73. The lowest BCUT2D eigenvalue weighted by Crippen LogP contribution is -2.00. The fourth-order valence-electron chi connectivity index (χ4n) is 3.13. The lowest BCUT2D eigenvalue weighted by Gasteiger charge is -2.14. The third kappa shape index (κ3) is 2.64. The Kier molecular flexibility index (Phi) is 3.67. The van der Waals surface area contributed by atoms with Crippen LogP contribution in [0.2, 0.25) is 0 Å². The van der Waals surface area contributed by atoms with Gasteiger partial charge in [0.1, 0.15) is 6.07 Å². The molecule has 3 aromatic rings. The van der Waals surface area contributed by atoms with Crippen LogP contribution in [0.4, 0.5) is 11.4 Å². The smallest absolute Gasteiger partial charge is 0.179 e. The van der Waals surface area contributed by atoms with Crippen LogP contribution in [-0.2, 0) is 16.3 Å². The molecule has 0 saturated carbocycles. The third-order valence-corrected chi connectivity index (χ3v) is 6.41. The number of anilines is 2. The Morgan fingerprint density at radius 2 is 1.92 bits per heavy atom. The van der Waals surface area contributed by atoms with Gasteiger partial charge in [0.2, 0.25) is 0 Å². The van der Waals surface area contributed by atoms with Crippen molar-refractivity contribution in [2.24, 2.45) is 0 Å². The number of pyridine rings is 1. The quantitative estimate of drug-likeness (QED) is 0.678. The summed E-state index contributed by atoms with van der Waals surface area (Å²) < 4.78 is 24.5. The number of hydrogen-bond acceptors (Lipinski definition) is 6. The van der Waals surface area contributed by atoms with E-state index < -0.39 is 9.84 Å². The number of nitrogens with zero attached hydrogens (tertiary/aromatic N) is 2. The molecule has 0 amide bonds. The Balaban J connectivity index is 2.00. The van der Waals surface area contributed by atoms with E-state index in [4.69, 9.17) is 0 Å². The summed E-state index contributed by atoms with van der Waals surface area (Å²) in [5.41, 5.74) is 3.16. The van der Waals surface area contributed by atoms with Gasteiger partial charge in [0.15, 0.2) is 9.84 Å². The van der Waals surface area contributed by atoms with Crippen molar-refractivity contribution in [2.45, 2.75) is 16.2 Å². The molecule has 1 aromatic heterocycles. The van der Waals surface area contributed by atoms with Crippen molar-refractivity contribution < 1.29 is 8.42 Å². The molecule has 7 heteroatoms. The van der Waals surface area contributed by atoms with Crippen molar-refractivity contribution in [3.05, 3.63) is 53.7 Å². The van der Waals surface area contributed by atoms with Crippen molar-refractivity contribution in [3.8, 4) is 6.07 Å². The minimum Gasteiger partial charge on any atom is -0.354 e. The van der Waals surface area contributed by atoms with E-state index in [0.717, 1.165) is 16.1 Å². The first-order chi connectivity index (χ1) is 12.0. The van der Waals surface area contributed by atoms with Gasteiger partial charge >= 0.3 is 0 Å². The molecule has 0 bridgehead atoms. The average molecular weight is 367 g/mol.